The van der Waals surface area contributed by atoms with Crippen LogP contribution < -0.4 is 5.32 Å². The SMILES string of the molecule is C[C@@H]1[C@@H](Nc2ncc(-c3ccc(Cl)c(Cl)c3)cn2)C2CCN1CC2. The molecule has 3 saturated heterocycles. The first-order chi connectivity index (χ1) is 11.6. The van der Waals surface area contributed by atoms with Crippen molar-refractivity contribution >= 4 is 29.2 Å². The summed E-state index contributed by atoms with van der Waals surface area (Å²) in [6.45, 7) is 4.75. The van der Waals surface area contributed by atoms with E-state index in [-0.39, 0.29) is 0 Å². The van der Waals surface area contributed by atoms with Crippen molar-refractivity contribution in [1.82, 2.24) is 14.9 Å². The van der Waals surface area contributed by atoms with E-state index in [4.69, 9.17) is 23.2 Å². The van der Waals surface area contributed by atoms with Gasteiger partial charge in [0, 0.05) is 30.0 Å². The Labute approximate surface area is 152 Å². The third kappa shape index (κ3) is 2.99. The van der Waals surface area contributed by atoms with E-state index in [1.165, 1.54) is 25.9 Å². The van der Waals surface area contributed by atoms with E-state index in [9.17, 15) is 0 Å². The van der Waals surface area contributed by atoms with Crippen LogP contribution in [0.1, 0.15) is 19.8 Å². The Kier molecular flexibility index (Phi) is 4.37. The zero-order chi connectivity index (χ0) is 16.7. The van der Waals surface area contributed by atoms with Crippen molar-refractivity contribution < 1.29 is 0 Å². The molecule has 4 heterocycles. The van der Waals surface area contributed by atoms with Gasteiger partial charge in [-0.3, -0.25) is 4.90 Å². The van der Waals surface area contributed by atoms with E-state index >= 15 is 0 Å². The molecule has 2 aromatic rings. The molecule has 0 radical (unpaired) electrons. The smallest absolute Gasteiger partial charge is 0.222 e. The number of benzene rings is 1. The molecule has 3 aliphatic heterocycles. The predicted molar refractivity (Wildman–Crippen MR) is 98.7 cm³/mol. The van der Waals surface area contributed by atoms with Gasteiger partial charge in [0.15, 0.2) is 0 Å². The van der Waals surface area contributed by atoms with Crippen LogP contribution in [0.4, 0.5) is 5.95 Å². The van der Waals surface area contributed by atoms with E-state index in [1.807, 2.05) is 24.5 Å². The Balaban J connectivity index is 1.50. The summed E-state index contributed by atoms with van der Waals surface area (Å²) in [5, 5.41) is 4.64. The van der Waals surface area contributed by atoms with Crippen LogP contribution in [-0.4, -0.2) is 40.0 Å². The van der Waals surface area contributed by atoms with Gasteiger partial charge >= 0.3 is 0 Å². The van der Waals surface area contributed by atoms with Gasteiger partial charge in [-0.15, -0.1) is 0 Å². The highest BCUT2D eigenvalue weighted by molar-refractivity contribution is 6.42. The molecule has 2 atom stereocenters. The minimum absolute atomic E-state index is 0.434. The standard InChI is InChI=1S/C18H20Cl2N4/c1-11-17(12-4-6-24(11)7-5-12)23-18-21-9-14(10-22-18)13-2-3-15(19)16(20)8-13/h2-3,8-12,17H,4-7H2,1H3,(H,21,22,23)/t11-,17-/m1/s1. The highest BCUT2D eigenvalue weighted by atomic mass is 35.5. The Bertz CT molecular complexity index is 724. The maximum Gasteiger partial charge on any atom is 0.222 e. The highest BCUT2D eigenvalue weighted by Gasteiger charge is 2.39. The Hall–Kier alpha value is -1.36. The van der Waals surface area contributed by atoms with Crippen LogP contribution in [0.3, 0.4) is 0 Å². The summed E-state index contributed by atoms with van der Waals surface area (Å²) in [5.74, 6) is 1.42. The zero-order valence-electron chi connectivity index (χ0n) is 13.5. The summed E-state index contributed by atoms with van der Waals surface area (Å²) in [4.78, 5) is 11.6. The molecular weight excluding hydrogens is 343 g/mol. The first-order valence-electron chi connectivity index (χ1n) is 8.40. The van der Waals surface area contributed by atoms with Gasteiger partial charge in [0.1, 0.15) is 0 Å². The summed E-state index contributed by atoms with van der Waals surface area (Å²) in [5.41, 5.74) is 1.90. The molecule has 0 saturated carbocycles. The van der Waals surface area contributed by atoms with E-state index in [1.54, 1.807) is 6.07 Å². The van der Waals surface area contributed by atoms with Crippen molar-refractivity contribution in [2.75, 3.05) is 18.4 Å². The molecule has 1 aromatic carbocycles. The van der Waals surface area contributed by atoms with Crippen LogP contribution in [-0.2, 0) is 0 Å². The van der Waals surface area contributed by atoms with E-state index < -0.39 is 0 Å². The Morgan fingerprint density at radius 1 is 1.04 bits per heavy atom. The van der Waals surface area contributed by atoms with Crippen molar-refractivity contribution in [3.63, 3.8) is 0 Å². The zero-order valence-corrected chi connectivity index (χ0v) is 15.1. The predicted octanol–water partition coefficient (Wildman–Crippen LogP) is 4.35. The van der Waals surface area contributed by atoms with Crippen molar-refractivity contribution in [2.45, 2.75) is 31.8 Å². The van der Waals surface area contributed by atoms with Crippen LogP contribution in [0, 0.1) is 5.92 Å². The van der Waals surface area contributed by atoms with Gasteiger partial charge in [-0.05, 0) is 56.5 Å². The Morgan fingerprint density at radius 2 is 1.75 bits per heavy atom. The van der Waals surface area contributed by atoms with Gasteiger partial charge in [-0.25, -0.2) is 9.97 Å². The molecule has 0 amide bonds. The lowest BCUT2D eigenvalue weighted by molar-refractivity contribution is 0.0455. The molecule has 2 bridgehead atoms. The maximum absolute atomic E-state index is 6.09. The number of hydrogen-bond acceptors (Lipinski definition) is 4. The number of anilines is 1. The second kappa shape index (κ2) is 6.51. The molecule has 5 rings (SSSR count). The third-order valence-electron chi connectivity index (χ3n) is 5.38. The molecule has 0 unspecified atom stereocenters. The molecule has 126 valence electrons. The first kappa shape index (κ1) is 16.1. The number of aromatic nitrogens is 2. The fourth-order valence-corrected chi connectivity index (χ4v) is 4.22. The van der Waals surface area contributed by atoms with E-state index in [2.05, 4.69) is 27.1 Å². The topological polar surface area (TPSA) is 41.1 Å². The Morgan fingerprint density at radius 3 is 2.38 bits per heavy atom. The average molecular weight is 363 g/mol. The summed E-state index contributed by atoms with van der Waals surface area (Å²) >= 11 is 12.1. The monoisotopic (exact) mass is 362 g/mol. The summed E-state index contributed by atoms with van der Waals surface area (Å²) in [6.07, 6.45) is 6.20. The van der Waals surface area contributed by atoms with E-state index in [0.717, 1.165) is 17.0 Å². The number of nitrogens with one attached hydrogen (secondary N) is 1. The molecular formula is C18H20Cl2N4. The van der Waals surface area contributed by atoms with Crippen LogP contribution in [0.2, 0.25) is 10.0 Å². The molecule has 1 N–H and O–H groups in total. The van der Waals surface area contributed by atoms with E-state index in [0.29, 0.717) is 28.1 Å². The molecule has 0 aliphatic carbocycles. The second-order valence-electron chi connectivity index (χ2n) is 6.71. The van der Waals surface area contributed by atoms with Gasteiger partial charge in [0.05, 0.1) is 10.0 Å². The van der Waals surface area contributed by atoms with Gasteiger partial charge in [0.25, 0.3) is 0 Å². The molecule has 6 heteroatoms. The van der Waals surface area contributed by atoms with Crippen LogP contribution in [0.15, 0.2) is 30.6 Å². The van der Waals surface area contributed by atoms with Crippen molar-refractivity contribution in [3.8, 4) is 11.1 Å². The largest absolute Gasteiger partial charge is 0.350 e. The maximum atomic E-state index is 6.09. The molecule has 3 fully saturated rings. The van der Waals surface area contributed by atoms with Gasteiger partial charge in [0.2, 0.25) is 5.95 Å². The summed E-state index contributed by atoms with van der Waals surface area (Å²) < 4.78 is 0. The number of piperidine rings is 3. The number of halogens is 2. The normalized spacial score (nSPS) is 28.8. The van der Waals surface area contributed by atoms with Crippen molar-refractivity contribution in [2.24, 2.45) is 5.92 Å². The lowest BCUT2D eigenvalue weighted by Crippen LogP contribution is -2.59. The first-order valence-corrected chi connectivity index (χ1v) is 9.15. The fourth-order valence-electron chi connectivity index (χ4n) is 3.92. The third-order valence-corrected chi connectivity index (χ3v) is 6.12. The molecule has 24 heavy (non-hydrogen) atoms. The molecule has 1 aromatic heterocycles. The number of nitrogens with zero attached hydrogens (tertiary/aromatic N) is 3. The molecule has 0 spiro atoms. The number of hydrogen-bond donors (Lipinski definition) is 1. The van der Waals surface area contributed by atoms with Crippen molar-refractivity contribution in [3.05, 3.63) is 40.6 Å². The lowest BCUT2D eigenvalue weighted by atomic mass is 9.79. The van der Waals surface area contributed by atoms with Crippen molar-refractivity contribution in [1.29, 1.82) is 0 Å². The number of fused-ring (bicyclic) bond motifs is 3. The second-order valence-corrected chi connectivity index (χ2v) is 7.52. The summed E-state index contributed by atoms with van der Waals surface area (Å²) in [7, 11) is 0. The minimum Gasteiger partial charge on any atom is -0.350 e. The van der Waals surface area contributed by atoms with Crippen LogP contribution in [0.5, 0.6) is 0 Å². The van der Waals surface area contributed by atoms with Crippen LogP contribution in [0.25, 0.3) is 11.1 Å². The average Bonchev–Trinajstić information content (AvgIpc) is 2.61. The fraction of sp³-hybridized carbons (Fsp3) is 0.444. The van der Waals surface area contributed by atoms with Crippen LogP contribution >= 0.6 is 23.2 Å². The summed E-state index contributed by atoms with van der Waals surface area (Å²) in [6, 6.07) is 6.53. The van der Waals surface area contributed by atoms with Gasteiger partial charge in [-0.2, -0.15) is 0 Å². The molecule has 3 aliphatic rings. The van der Waals surface area contributed by atoms with Gasteiger partial charge < -0.3 is 5.32 Å². The van der Waals surface area contributed by atoms with Gasteiger partial charge in [-0.1, -0.05) is 29.3 Å². The minimum atomic E-state index is 0.434. The highest BCUT2D eigenvalue weighted by Crippen LogP contribution is 2.34. The number of rotatable bonds is 3. The lowest BCUT2D eigenvalue weighted by Gasteiger charge is -2.49. The quantitative estimate of drug-likeness (QED) is 0.881. The molecule has 4 nitrogen and oxygen atoms in total.